The van der Waals surface area contributed by atoms with E-state index in [-0.39, 0.29) is 5.12 Å². The number of carbonyl (C=O) groups is 1. The molecule has 1 fully saturated rings. The molecule has 3 rings (SSSR count). The molecule has 1 aliphatic rings. The Balaban J connectivity index is 2.01. The van der Waals surface area contributed by atoms with E-state index in [1.807, 2.05) is 64.1 Å². The lowest BCUT2D eigenvalue weighted by Gasteiger charge is -2.32. The summed E-state index contributed by atoms with van der Waals surface area (Å²) in [5.74, 6) is 0.468. The Hall–Kier alpha value is -1.34. The van der Waals surface area contributed by atoms with E-state index in [9.17, 15) is 4.79 Å². The first-order chi connectivity index (χ1) is 12.6. The number of nitrogens with zero attached hydrogens (tertiary/aromatic N) is 1. The van der Waals surface area contributed by atoms with Crippen LogP contribution in [0.25, 0.3) is 17.0 Å². The van der Waals surface area contributed by atoms with Gasteiger partial charge in [-0.15, -0.1) is 0 Å². The minimum absolute atomic E-state index is 0.0418. The molecular formula is C20H23BClNO3S. The largest absolute Gasteiger partial charge is 0.491 e. The first-order valence-electron chi connectivity index (χ1n) is 8.84. The number of hydrogen-bond donors (Lipinski definition) is 0. The van der Waals surface area contributed by atoms with Crippen LogP contribution < -0.4 is 0 Å². The summed E-state index contributed by atoms with van der Waals surface area (Å²) in [6.07, 6.45) is 1.93. The summed E-state index contributed by atoms with van der Waals surface area (Å²) in [7, 11) is -0.538. The Kier molecular flexibility index (Phi) is 5.73. The lowest BCUT2D eigenvalue weighted by Crippen LogP contribution is -2.41. The van der Waals surface area contributed by atoms with Crippen LogP contribution in [0.3, 0.4) is 0 Å². The van der Waals surface area contributed by atoms with Crippen molar-refractivity contribution in [2.75, 3.05) is 5.75 Å². The molecule has 0 aliphatic carbocycles. The highest BCUT2D eigenvalue weighted by Crippen LogP contribution is 2.39. The van der Waals surface area contributed by atoms with Crippen molar-refractivity contribution in [3.63, 3.8) is 0 Å². The van der Waals surface area contributed by atoms with E-state index >= 15 is 0 Å². The maximum absolute atomic E-state index is 11.5. The Morgan fingerprint density at radius 1 is 1.22 bits per heavy atom. The van der Waals surface area contributed by atoms with Gasteiger partial charge in [-0.05, 0) is 45.3 Å². The van der Waals surface area contributed by atoms with Crippen LogP contribution in [0, 0.1) is 0 Å². The van der Waals surface area contributed by atoms with Gasteiger partial charge in [-0.3, -0.25) is 4.79 Å². The van der Waals surface area contributed by atoms with E-state index in [0.29, 0.717) is 10.9 Å². The van der Waals surface area contributed by atoms with Crippen molar-refractivity contribution >= 4 is 52.6 Å². The third-order valence-electron chi connectivity index (χ3n) is 5.04. The summed E-state index contributed by atoms with van der Waals surface area (Å²) in [6, 6.07) is 9.81. The number of fused-ring (bicyclic) bond motifs is 1. The quantitative estimate of drug-likeness (QED) is 0.520. The highest BCUT2D eigenvalue weighted by molar-refractivity contribution is 8.13. The Morgan fingerprint density at radius 2 is 1.85 bits per heavy atom. The summed E-state index contributed by atoms with van der Waals surface area (Å²) in [5, 5.41) is 1.45. The minimum Gasteiger partial charge on any atom is -0.400 e. The number of carbonyl (C=O) groups excluding carboxylic acids is 1. The van der Waals surface area contributed by atoms with Gasteiger partial charge in [0.05, 0.1) is 16.7 Å². The number of para-hydroxylation sites is 1. The number of rotatable bonds is 4. The van der Waals surface area contributed by atoms with Crippen molar-refractivity contribution in [2.24, 2.45) is 0 Å². The van der Waals surface area contributed by atoms with E-state index in [4.69, 9.17) is 20.9 Å². The average molecular weight is 404 g/mol. The molecule has 0 radical (unpaired) electrons. The normalized spacial score (nSPS) is 18.9. The van der Waals surface area contributed by atoms with Crippen LogP contribution in [0.4, 0.5) is 0 Å². The maximum atomic E-state index is 11.5. The van der Waals surface area contributed by atoms with E-state index in [2.05, 4.69) is 4.98 Å². The standard InChI is InChI=1S/C20H23BClNO3S/c1-13(24)27-12-16(21-25-19(2,3)20(4,5)26-21)11-15-10-14-8-6-7-9-17(14)23-18(15)22/h6-11H,12H2,1-5H3. The Morgan fingerprint density at radius 3 is 2.48 bits per heavy atom. The van der Waals surface area contributed by atoms with Crippen LogP contribution in [0.5, 0.6) is 0 Å². The van der Waals surface area contributed by atoms with Gasteiger partial charge in [0.2, 0.25) is 0 Å². The molecule has 0 amide bonds. The molecule has 0 saturated carbocycles. The lowest BCUT2D eigenvalue weighted by atomic mass is 9.78. The van der Waals surface area contributed by atoms with Crippen molar-refractivity contribution in [2.45, 2.75) is 45.8 Å². The molecule has 2 aromatic rings. The zero-order valence-electron chi connectivity index (χ0n) is 16.2. The van der Waals surface area contributed by atoms with Crippen LogP contribution in [0.15, 0.2) is 35.8 Å². The third kappa shape index (κ3) is 4.40. The second kappa shape index (κ2) is 7.59. The molecule has 7 heteroatoms. The Labute approximate surface area is 169 Å². The zero-order valence-corrected chi connectivity index (χ0v) is 17.8. The van der Waals surface area contributed by atoms with Gasteiger partial charge in [0.15, 0.2) is 5.12 Å². The second-order valence-electron chi connectivity index (χ2n) is 7.65. The molecule has 27 heavy (non-hydrogen) atoms. The number of aromatic nitrogens is 1. The molecule has 1 saturated heterocycles. The van der Waals surface area contributed by atoms with Gasteiger partial charge in [0, 0.05) is 23.6 Å². The van der Waals surface area contributed by atoms with Gasteiger partial charge in [0.25, 0.3) is 0 Å². The number of thioether (sulfide) groups is 1. The van der Waals surface area contributed by atoms with Crippen molar-refractivity contribution in [1.29, 1.82) is 0 Å². The second-order valence-corrected chi connectivity index (χ2v) is 9.16. The molecule has 0 bridgehead atoms. The predicted molar refractivity (Wildman–Crippen MR) is 114 cm³/mol. The van der Waals surface area contributed by atoms with Crippen LogP contribution >= 0.6 is 23.4 Å². The SMILES string of the molecule is CC(=O)SCC(=Cc1cc2ccccc2nc1Cl)B1OC(C)(C)C(C)(C)O1. The number of hydrogen-bond acceptors (Lipinski definition) is 5. The van der Waals surface area contributed by atoms with Crippen LogP contribution in [-0.4, -0.2) is 34.2 Å². The zero-order chi connectivity index (χ0) is 19.8. The molecule has 4 nitrogen and oxygen atoms in total. The third-order valence-corrected chi connectivity index (χ3v) is 6.23. The fourth-order valence-electron chi connectivity index (χ4n) is 2.77. The van der Waals surface area contributed by atoms with E-state index < -0.39 is 18.3 Å². The first kappa shape index (κ1) is 20.4. The highest BCUT2D eigenvalue weighted by atomic mass is 35.5. The van der Waals surface area contributed by atoms with Crippen LogP contribution in [0.2, 0.25) is 5.15 Å². The van der Waals surface area contributed by atoms with Crippen molar-refractivity contribution in [1.82, 2.24) is 4.98 Å². The predicted octanol–water partition coefficient (Wildman–Crippen LogP) is 5.18. The van der Waals surface area contributed by atoms with Crippen LogP contribution in [0.1, 0.15) is 40.2 Å². The summed E-state index contributed by atoms with van der Waals surface area (Å²) < 4.78 is 12.4. The van der Waals surface area contributed by atoms with Gasteiger partial charge >= 0.3 is 7.12 Å². The summed E-state index contributed by atoms with van der Waals surface area (Å²) in [6.45, 7) is 9.58. The molecule has 0 spiro atoms. The molecular weight excluding hydrogens is 381 g/mol. The van der Waals surface area contributed by atoms with Gasteiger partial charge in [-0.1, -0.05) is 47.6 Å². The monoisotopic (exact) mass is 403 g/mol. The molecule has 142 valence electrons. The number of pyridine rings is 1. The molecule has 2 heterocycles. The molecule has 1 aromatic heterocycles. The van der Waals surface area contributed by atoms with Gasteiger partial charge in [0.1, 0.15) is 5.15 Å². The maximum Gasteiger partial charge on any atom is 0.491 e. The highest BCUT2D eigenvalue weighted by Gasteiger charge is 2.52. The van der Waals surface area contributed by atoms with Gasteiger partial charge in [-0.25, -0.2) is 4.98 Å². The number of benzene rings is 1. The molecule has 0 unspecified atom stereocenters. The minimum atomic E-state index is -0.538. The lowest BCUT2D eigenvalue weighted by molar-refractivity contribution is -0.109. The van der Waals surface area contributed by atoms with Crippen molar-refractivity contribution in [3.8, 4) is 0 Å². The fourth-order valence-corrected chi connectivity index (χ4v) is 3.56. The first-order valence-corrected chi connectivity index (χ1v) is 10.2. The van der Waals surface area contributed by atoms with Crippen molar-refractivity contribution in [3.05, 3.63) is 46.5 Å². The van der Waals surface area contributed by atoms with E-state index in [1.165, 1.54) is 11.8 Å². The number of halogens is 1. The van der Waals surface area contributed by atoms with Crippen molar-refractivity contribution < 1.29 is 14.1 Å². The summed E-state index contributed by atoms with van der Waals surface area (Å²) in [5.41, 5.74) is 1.57. The van der Waals surface area contributed by atoms with Gasteiger partial charge in [-0.2, -0.15) is 0 Å². The molecule has 0 N–H and O–H groups in total. The van der Waals surface area contributed by atoms with Gasteiger partial charge < -0.3 is 9.31 Å². The molecule has 1 aliphatic heterocycles. The fraction of sp³-hybridized carbons (Fsp3) is 0.400. The Bertz CT molecular complexity index is 897. The van der Waals surface area contributed by atoms with E-state index in [0.717, 1.165) is 21.9 Å². The van der Waals surface area contributed by atoms with E-state index in [1.54, 1.807) is 6.92 Å². The van der Waals surface area contributed by atoms with Crippen LogP contribution in [-0.2, 0) is 14.1 Å². The smallest absolute Gasteiger partial charge is 0.400 e. The topological polar surface area (TPSA) is 48.4 Å². The molecule has 0 atom stereocenters. The summed E-state index contributed by atoms with van der Waals surface area (Å²) in [4.78, 5) is 16.0. The summed E-state index contributed by atoms with van der Waals surface area (Å²) >= 11 is 7.64. The average Bonchev–Trinajstić information content (AvgIpc) is 2.79. The molecule has 1 aromatic carbocycles.